The van der Waals surface area contributed by atoms with Crippen molar-refractivity contribution in [3.05, 3.63) is 56.8 Å². The van der Waals surface area contributed by atoms with Crippen molar-refractivity contribution >= 4 is 27.5 Å². The van der Waals surface area contributed by atoms with Crippen LogP contribution < -0.4 is 14.8 Å². The van der Waals surface area contributed by atoms with Gasteiger partial charge in [0.15, 0.2) is 11.5 Å². The number of rotatable bonds is 7. The maximum absolute atomic E-state index is 13.3. The molecule has 6 heteroatoms. The lowest BCUT2D eigenvalue weighted by atomic mass is 9.53. The van der Waals surface area contributed by atoms with Gasteiger partial charge in [-0.25, -0.2) is 4.39 Å². The molecule has 0 heterocycles. The highest BCUT2D eigenvalue weighted by atomic mass is 79.9. The molecule has 4 fully saturated rings. The lowest BCUT2D eigenvalue weighted by Crippen LogP contribution is -2.58. The van der Waals surface area contributed by atoms with E-state index in [0.29, 0.717) is 22.1 Å². The topological polar surface area (TPSA) is 30.5 Å². The smallest absolute Gasteiger partial charge is 0.175 e. The highest BCUT2D eigenvalue weighted by molar-refractivity contribution is 9.10. The molecule has 1 N–H and O–H groups in total. The molecule has 0 spiro atoms. The second kappa shape index (κ2) is 8.57. The first-order chi connectivity index (χ1) is 14.9. The number of nitrogens with one attached hydrogen (secondary N) is 1. The van der Waals surface area contributed by atoms with Crippen molar-refractivity contribution in [3.8, 4) is 11.5 Å². The first kappa shape index (κ1) is 21.5. The third-order valence-corrected chi connectivity index (χ3v) is 8.32. The predicted octanol–water partition coefficient (Wildman–Crippen LogP) is 6.89. The monoisotopic (exact) mass is 507 g/mol. The molecule has 0 atom stereocenters. The fourth-order valence-corrected chi connectivity index (χ4v) is 7.25. The Morgan fingerprint density at radius 2 is 1.77 bits per heavy atom. The van der Waals surface area contributed by atoms with Crippen molar-refractivity contribution in [1.29, 1.82) is 0 Å². The number of halogens is 3. The summed E-state index contributed by atoms with van der Waals surface area (Å²) in [5.41, 5.74) is 2.22. The molecule has 4 aliphatic rings. The van der Waals surface area contributed by atoms with Crippen LogP contribution in [0.1, 0.15) is 49.7 Å². The molecule has 6 rings (SSSR count). The molecule has 2 aromatic rings. The minimum atomic E-state index is -0.358. The summed E-state index contributed by atoms with van der Waals surface area (Å²) in [7, 11) is 1.65. The van der Waals surface area contributed by atoms with E-state index in [4.69, 9.17) is 21.1 Å². The van der Waals surface area contributed by atoms with Crippen molar-refractivity contribution < 1.29 is 13.9 Å². The van der Waals surface area contributed by atoms with Crippen LogP contribution in [-0.2, 0) is 13.2 Å². The van der Waals surface area contributed by atoms with E-state index in [2.05, 4.69) is 27.3 Å². The van der Waals surface area contributed by atoms with Crippen LogP contribution in [0.25, 0.3) is 0 Å². The quantitative estimate of drug-likeness (QED) is 0.442. The number of hydrogen-bond donors (Lipinski definition) is 1. The van der Waals surface area contributed by atoms with E-state index in [1.807, 2.05) is 6.07 Å². The highest BCUT2D eigenvalue weighted by Gasteiger charge is 2.50. The Morgan fingerprint density at radius 3 is 2.39 bits per heavy atom. The fraction of sp³-hybridized carbons (Fsp3) is 0.520. The first-order valence-corrected chi connectivity index (χ1v) is 12.3. The standard InChI is InChI=1S/C25H28BrClFNO2/c1-30-23-8-18(13-29-25-10-15-4-16(11-25)6-17(5-15)12-25)7-21(26)24(23)31-14-19-2-3-20(28)9-22(19)27/h2-3,7-9,15-17,29H,4-6,10-14H2,1H3. The number of ether oxygens (including phenoxy) is 2. The molecule has 3 nitrogen and oxygen atoms in total. The normalized spacial score (nSPS) is 28.7. The SMILES string of the molecule is COc1cc(CNC23CC4CC(CC(C4)C2)C3)cc(Br)c1OCc1ccc(F)cc1Cl. The van der Waals surface area contributed by atoms with Crippen molar-refractivity contribution in [3.63, 3.8) is 0 Å². The van der Waals surface area contributed by atoms with Gasteiger partial charge in [0, 0.05) is 17.6 Å². The average molecular weight is 509 g/mol. The number of hydrogen-bond acceptors (Lipinski definition) is 3. The van der Waals surface area contributed by atoms with Gasteiger partial charge >= 0.3 is 0 Å². The Morgan fingerprint density at radius 1 is 1.10 bits per heavy atom. The second-order valence-electron chi connectivity index (χ2n) is 9.68. The van der Waals surface area contributed by atoms with Crippen LogP contribution in [0.2, 0.25) is 5.02 Å². The lowest BCUT2D eigenvalue weighted by molar-refractivity contribution is -0.0206. The zero-order valence-electron chi connectivity index (χ0n) is 17.7. The zero-order chi connectivity index (χ0) is 21.6. The van der Waals surface area contributed by atoms with Gasteiger partial charge in [-0.05, 0) is 102 Å². The predicted molar refractivity (Wildman–Crippen MR) is 124 cm³/mol. The van der Waals surface area contributed by atoms with Crippen LogP contribution in [0.15, 0.2) is 34.8 Å². The van der Waals surface area contributed by atoms with E-state index in [-0.39, 0.29) is 12.4 Å². The number of methoxy groups -OCH3 is 1. The minimum Gasteiger partial charge on any atom is -0.493 e. The van der Waals surface area contributed by atoms with Gasteiger partial charge in [0.25, 0.3) is 0 Å². The van der Waals surface area contributed by atoms with Crippen molar-refractivity contribution in [1.82, 2.24) is 5.32 Å². The van der Waals surface area contributed by atoms with Crippen LogP contribution in [0, 0.1) is 23.6 Å². The molecule has 0 radical (unpaired) electrons. The molecule has 0 amide bonds. The van der Waals surface area contributed by atoms with E-state index < -0.39 is 0 Å². The molecule has 0 aliphatic heterocycles. The van der Waals surface area contributed by atoms with Gasteiger partial charge in [0.2, 0.25) is 0 Å². The highest BCUT2D eigenvalue weighted by Crippen LogP contribution is 2.55. The molecule has 4 aliphatic carbocycles. The van der Waals surface area contributed by atoms with Crippen molar-refractivity contribution in [2.45, 2.75) is 57.2 Å². The summed E-state index contributed by atoms with van der Waals surface area (Å²) < 4.78 is 25.8. The van der Waals surface area contributed by atoms with Gasteiger partial charge in [0.1, 0.15) is 12.4 Å². The maximum atomic E-state index is 13.3. The summed E-state index contributed by atoms with van der Waals surface area (Å²) in [6.45, 7) is 1.06. The molecular weight excluding hydrogens is 481 g/mol. The molecule has 2 aromatic carbocycles. The molecular formula is C25H28BrClFNO2. The molecule has 0 unspecified atom stereocenters. The molecule has 4 bridgehead atoms. The first-order valence-electron chi connectivity index (χ1n) is 11.1. The average Bonchev–Trinajstić information content (AvgIpc) is 2.71. The van der Waals surface area contributed by atoms with Gasteiger partial charge in [-0.2, -0.15) is 0 Å². The Kier molecular flexibility index (Phi) is 5.95. The summed E-state index contributed by atoms with van der Waals surface area (Å²) in [4.78, 5) is 0. The number of benzene rings is 2. The van der Waals surface area contributed by atoms with E-state index in [1.165, 1.54) is 56.2 Å². The summed E-state index contributed by atoms with van der Waals surface area (Å²) >= 11 is 9.78. The zero-order valence-corrected chi connectivity index (χ0v) is 20.1. The molecule has 4 saturated carbocycles. The molecule has 166 valence electrons. The summed E-state index contributed by atoms with van der Waals surface area (Å²) in [6, 6.07) is 8.46. The maximum Gasteiger partial charge on any atom is 0.175 e. The van der Waals surface area contributed by atoms with Crippen LogP contribution in [-0.4, -0.2) is 12.6 Å². The lowest BCUT2D eigenvalue weighted by Gasteiger charge is -2.57. The van der Waals surface area contributed by atoms with Gasteiger partial charge < -0.3 is 14.8 Å². The van der Waals surface area contributed by atoms with Crippen LogP contribution in [0.5, 0.6) is 11.5 Å². The van der Waals surface area contributed by atoms with E-state index in [1.54, 1.807) is 13.2 Å². The van der Waals surface area contributed by atoms with Gasteiger partial charge in [-0.15, -0.1) is 0 Å². The Bertz CT molecular complexity index is 947. The largest absolute Gasteiger partial charge is 0.493 e. The van der Waals surface area contributed by atoms with Crippen molar-refractivity contribution in [2.75, 3.05) is 7.11 Å². The second-order valence-corrected chi connectivity index (χ2v) is 10.9. The van der Waals surface area contributed by atoms with Crippen molar-refractivity contribution in [2.24, 2.45) is 17.8 Å². The molecule has 0 saturated heterocycles. The van der Waals surface area contributed by atoms with Gasteiger partial charge in [-0.3, -0.25) is 0 Å². The third-order valence-electron chi connectivity index (χ3n) is 7.38. The third kappa shape index (κ3) is 4.46. The van der Waals surface area contributed by atoms with Gasteiger partial charge in [0.05, 0.1) is 16.6 Å². The van der Waals surface area contributed by atoms with Gasteiger partial charge in [-0.1, -0.05) is 17.7 Å². The molecule has 31 heavy (non-hydrogen) atoms. The Labute approximate surface area is 196 Å². The summed E-state index contributed by atoms with van der Waals surface area (Å²) in [6.07, 6.45) is 8.34. The van der Waals surface area contributed by atoms with E-state index in [0.717, 1.165) is 34.3 Å². The Hall–Kier alpha value is -1.30. The van der Waals surface area contributed by atoms with E-state index >= 15 is 0 Å². The van der Waals surface area contributed by atoms with Crippen LogP contribution in [0.4, 0.5) is 4.39 Å². The van der Waals surface area contributed by atoms with E-state index in [9.17, 15) is 4.39 Å². The summed E-state index contributed by atoms with van der Waals surface area (Å²) in [5, 5.41) is 4.30. The van der Waals surface area contributed by atoms with Crippen LogP contribution >= 0.6 is 27.5 Å². The molecule has 0 aromatic heterocycles. The summed E-state index contributed by atoms with van der Waals surface area (Å²) in [5.74, 6) is 3.72. The van der Waals surface area contributed by atoms with Crippen LogP contribution in [0.3, 0.4) is 0 Å². The fourth-order valence-electron chi connectivity index (χ4n) is 6.42. The Balaban J connectivity index is 1.28. The minimum absolute atomic E-state index is 0.235.